The molecule has 1 fully saturated rings. The summed E-state index contributed by atoms with van der Waals surface area (Å²) in [6.07, 6.45) is 0.407. The van der Waals surface area contributed by atoms with Gasteiger partial charge in [-0.15, -0.1) is 0 Å². The number of para-hydroxylation sites is 1. The van der Waals surface area contributed by atoms with Gasteiger partial charge in [0.2, 0.25) is 0 Å². The number of methoxy groups -OCH3 is 1. The maximum absolute atomic E-state index is 14.0. The molecule has 0 unspecified atom stereocenters. The van der Waals surface area contributed by atoms with Gasteiger partial charge in [0, 0.05) is 38.2 Å². The number of ether oxygens (including phenoxy) is 2. The molecule has 1 saturated heterocycles. The number of rotatable bonds is 9. The zero-order valence-corrected chi connectivity index (χ0v) is 23.6. The summed E-state index contributed by atoms with van der Waals surface area (Å²) in [7, 11) is 1.58. The molecule has 0 aliphatic carbocycles. The average molecular weight is 579 g/mol. The van der Waals surface area contributed by atoms with E-state index in [2.05, 4.69) is 4.90 Å². The largest absolute Gasteiger partial charge is 0.496 e. The third kappa shape index (κ3) is 6.75. The van der Waals surface area contributed by atoms with E-state index < -0.39 is 6.04 Å². The number of hydrazone groups is 1. The molecule has 2 aliphatic rings. The van der Waals surface area contributed by atoms with Gasteiger partial charge in [-0.2, -0.15) is 5.10 Å². The first kappa shape index (κ1) is 28.7. The molecule has 3 aromatic carbocycles. The Kier molecular flexibility index (Phi) is 9.28. The lowest BCUT2D eigenvalue weighted by Gasteiger charge is -2.31. The van der Waals surface area contributed by atoms with Crippen molar-refractivity contribution in [3.8, 4) is 5.75 Å². The first-order valence-corrected chi connectivity index (χ1v) is 13.9. The number of nitrogens with zero attached hydrogens (tertiary/aromatic N) is 4. The van der Waals surface area contributed by atoms with E-state index in [0.717, 1.165) is 24.2 Å². The SMILES string of the molecule is COc1ccccc1[C@H]1CC(c2ccc(F)cc2)=NN1C(=O)CN(CCN1CCOCC1)C(=O)c1ccccc1Cl. The molecule has 8 nitrogen and oxygen atoms in total. The number of carbonyl (C=O) groups excluding carboxylic acids is 2. The van der Waals surface area contributed by atoms with Crippen LogP contribution in [-0.4, -0.2) is 85.4 Å². The van der Waals surface area contributed by atoms with Crippen LogP contribution in [-0.2, 0) is 9.53 Å². The maximum atomic E-state index is 14.0. The van der Waals surface area contributed by atoms with Crippen LogP contribution in [0.4, 0.5) is 4.39 Å². The van der Waals surface area contributed by atoms with Crippen molar-refractivity contribution < 1.29 is 23.5 Å². The van der Waals surface area contributed by atoms with E-state index in [1.165, 1.54) is 22.0 Å². The van der Waals surface area contributed by atoms with Crippen molar-refractivity contribution in [1.29, 1.82) is 0 Å². The number of hydrogen-bond acceptors (Lipinski definition) is 6. The molecule has 214 valence electrons. The normalized spacial score (nSPS) is 17.3. The lowest BCUT2D eigenvalue weighted by atomic mass is 9.97. The van der Waals surface area contributed by atoms with Gasteiger partial charge in [0.15, 0.2) is 0 Å². The summed E-state index contributed by atoms with van der Waals surface area (Å²) in [5, 5.41) is 6.46. The monoisotopic (exact) mass is 578 g/mol. The van der Waals surface area contributed by atoms with Crippen LogP contribution >= 0.6 is 11.6 Å². The van der Waals surface area contributed by atoms with Crippen LogP contribution in [0.2, 0.25) is 5.02 Å². The Morgan fingerprint density at radius 2 is 1.76 bits per heavy atom. The number of morpholine rings is 1. The molecule has 1 atom stereocenters. The minimum Gasteiger partial charge on any atom is -0.496 e. The Morgan fingerprint density at radius 1 is 1.05 bits per heavy atom. The number of carbonyl (C=O) groups is 2. The molecule has 41 heavy (non-hydrogen) atoms. The average Bonchev–Trinajstić information content (AvgIpc) is 3.45. The third-order valence-electron chi connectivity index (χ3n) is 7.35. The highest BCUT2D eigenvalue weighted by molar-refractivity contribution is 6.33. The van der Waals surface area contributed by atoms with Gasteiger partial charge >= 0.3 is 0 Å². The van der Waals surface area contributed by atoms with E-state index in [1.54, 1.807) is 43.5 Å². The van der Waals surface area contributed by atoms with Crippen molar-refractivity contribution in [2.24, 2.45) is 5.10 Å². The molecule has 2 aliphatic heterocycles. The molecule has 2 heterocycles. The second-order valence-corrected chi connectivity index (χ2v) is 10.3. The first-order valence-electron chi connectivity index (χ1n) is 13.6. The fourth-order valence-corrected chi connectivity index (χ4v) is 5.34. The molecule has 0 bridgehead atoms. The summed E-state index contributed by atoms with van der Waals surface area (Å²) in [5.74, 6) is -0.397. The van der Waals surface area contributed by atoms with E-state index in [0.29, 0.717) is 54.8 Å². The number of benzene rings is 3. The second kappa shape index (κ2) is 13.2. The van der Waals surface area contributed by atoms with Gasteiger partial charge in [-0.05, 0) is 35.9 Å². The van der Waals surface area contributed by atoms with E-state index >= 15 is 0 Å². The molecule has 0 N–H and O–H groups in total. The highest BCUT2D eigenvalue weighted by Crippen LogP contribution is 2.37. The summed E-state index contributed by atoms with van der Waals surface area (Å²) in [4.78, 5) is 31.4. The zero-order valence-electron chi connectivity index (χ0n) is 22.8. The van der Waals surface area contributed by atoms with Gasteiger partial charge in [-0.25, -0.2) is 9.40 Å². The van der Waals surface area contributed by atoms with E-state index in [4.69, 9.17) is 26.2 Å². The second-order valence-electron chi connectivity index (χ2n) is 9.91. The van der Waals surface area contributed by atoms with Crippen molar-refractivity contribution in [3.05, 3.63) is 100 Å². The van der Waals surface area contributed by atoms with Gasteiger partial charge in [-0.3, -0.25) is 14.5 Å². The van der Waals surface area contributed by atoms with Gasteiger partial charge in [0.1, 0.15) is 18.1 Å². The minimum absolute atomic E-state index is 0.194. The summed E-state index contributed by atoms with van der Waals surface area (Å²) < 4.78 is 24.7. The molecule has 10 heteroatoms. The van der Waals surface area contributed by atoms with Crippen LogP contribution in [0.15, 0.2) is 77.9 Å². The molecular weight excluding hydrogens is 547 g/mol. The van der Waals surface area contributed by atoms with Crippen LogP contribution in [0.5, 0.6) is 5.75 Å². The summed E-state index contributed by atoms with van der Waals surface area (Å²) >= 11 is 6.38. The Hall–Kier alpha value is -3.79. The summed E-state index contributed by atoms with van der Waals surface area (Å²) in [6.45, 7) is 3.51. The van der Waals surface area contributed by atoms with E-state index in [9.17, 15) is 14.0 Å². The fourth-order valence-electron chi connectivity index (χ4n) is 5.12. The quantitative estimate of drug-likeness (QED) is 0.370. The highest BCUT2D eigenvalue weighted by Gasteiger charge is 2.36. The Labute approximate surface area is 243 Å². The Balaban J connectivity index is 1.44. The molecule has 0 radical (unpaired) electrons. The van der Waals surface area contributed by atoms with Crippen molar-refractivity contribution in [2.45, 2.75) is 12.5 Å². The predicted octanol–water partition coefficient (Wildman–Crippen LogP) is 4.64. The molecule has 3 aromatic rings. The molecule has 0 aromatic heterocycles. The van der Waals surface area contributed by atoms with Gasteiger partial charge in [0.05, 0.1) is 42.7 Å². The molecule has 0 spiro atoms. The van der Waals surface area contributed by atoms with Crippen LogP contribution in [0.3, 0.4) is 0 Å². The van der Waals surface area contributed by atoms with Gasteiger partial charge in [0.25, 0.3) is 11.8 Å². The summed E-state index contributed by atoms with van der Waals surface area (Å²) in [5.41, 5.74) is 2.49. The molecule has 0 saturated carbocycles. The smallest absolute Gasteiger partial charge is 0.262 e. The fraction of sp³-hybridized carbons (Fsp3) is 0.323. The standard InChI is InChI=1S/C31H32ClFN4O4/c1-40-29-9-5-3-7-25(29)28-20-27(22-10-12-23(33)13-11-22)34-37(28)30(38)21-36(15-14-35-16-18-41-19-17-35)31(39)24-6-2-4-8-26(24)32/h2-13,28H,14-21H2,1H3/t28-/m1/s1. The van der Waals surface area contributed by atoms with E-state index in [-0.39, 0.29) is 24.2 Å². The lowest BCUT2D eigenvalue weighted by Crippen LogP contribution is -2.46. The highest BCUT2D eigenvalue weighted by atomic mass is 35.5. The minimum atomic E-state index is -0.463. The zero-order chi connectivity index (χ0) is 28.8. The molecule has 2 amide bonds. The molecule has 5 rings (SSSR count). The van der Waals surface area contributed by atoms with Crippen LogP contribution in [0, 0.1) is 5.82 Å². The Bertz CT molecular complexity index is 1410. The topological polar surface area (TPSA) is 74.7 Å². The number of hydrogen-bond donors (Lipinski definition) is 0. The number of halogens is 2. The van der Waals surface area contributed by atoms with Crippen LogP contribution in [0.25, 0.3) is 0 Å². The van der Waals surface area contributed by atoms with Gasteiger partial charge in [-0.1, -0.05) is 54.1 Å². The Morgan fingerprint density at radius 3 is 2.49 bits per heavy atom. The van der Waals surface area contributed by atoms with Crippen molar-refractivity contribution in [2.75, 3.05) is 53.0 Å². The third-order valence-corrected chi connectivity index (χ3v) is 7.68. The van der Waals surface area contributed by atoms with Crippen LogP contribution in [0.1, 0.15) is 33.9 Å². The lowest BCUT2D eigenvalue weighted by molar-refractivity contribution is -0.133. The van der Waals surface area contributed by atoms with Crippen LogP contribution < -0.4 is 4.74 Å². The maximum Gasteiger partial charge on any atom is 0.262 e. The van der Waals surface area contributed by atoms with Crippen molar-refractivity contribution in [1.82, 2.24) is 14.8 Å². The van der Waals surface area contributed by atoms with Gasteiger partial charge < -0.3 is 14.4 Å². The molecular formula is C31H32ClFN4O4. The van der Waals surface area contributed by atoms with Crippen molar-refractivity contribution >= 4 is 29.1 Å². The summed E-state index contributed by atoms with van der Waals surface area (Å²) in [6, 6.07) is 19.9. The van der Waals surface area contributed by atoms with E-state index in [1.807, 2.05) is 24.3 Å². The predicted molar refractivity (Wildman–Crippen MR) is 155 cm³/mol. The first-order chi connectivity index (χ1) is 19.9. The number of amides is 2. The van der Waals surface area contributed by atoms with Crippen molar-refractivity contribution in [3.63, 3.8) is 0 Å².